The second-order valence-corrected chi connectivity index (χ2v) is 14.2. The Kier molecular flexibility index (Phi) is 6.48. The summed E-state index contributed by atoms with van der Waals surface area (Å²) in [6.45, 7) is 9.72. The van der Waals surface area contributed by atoms with Gasteiger partial charge in [-0.2, -0.15) is 0 Å². The number of benzene rings is 1. The van der Waals surface area contributed by atoms with Crippen molar-refractivity contribution in [2.45, 2.75) is 38.8 Å². The molecule has 2 aromatic rings. The van der Waals surface area contributed by atoms with Gasteiger partial charge in [-0.05, 0) is 50.3 Å². The lowest BCUT2D eigenvalue weighted by Gasteiger charge is -2.15. The molecule has 0 amide bonds. The van der Waals surface area contributed by atoms with Crippen LogP contribution in [0.25, 0.3) is 10.9 Å². The van der Waals surface area contributed by atoms with Crippen molar-refractivity contribution >= 4 is 34.9 Å². The fourth-order valence-electron chi connectivity index (χ4n) is 2.53. The smallest absolute Gasteiger partial charge is 0.122 e. The maximum absolute atomic E-state index is 5.95. The summed E-state index contributed by atoms with van der Waals surface area (Å²) >= 11 is 3.60. The van der Waals surface area contributed by atoms with E-state index < -0.39 is 8.07 Å². The molecule has 0 aliphatic rings. The van der Waals surface area contributed by atoms with E-state index in [1.807, 2.05) is 0 Å². The van der Waals surface area contributed by atoms with Crippen LogP contribution in [0.2, 0.25) is 25.7 Å². The fourth-order valence-corrected chi connectivity index (χ4v) is 3.65. The van der Waals surface area contributed by atoms with Gasteiger partial charge in [-0.1, -0.05) is 35.6 Å². The number of ether oxygens (including phenoxy) is 1. The van der Waals surface area contributed by atoms with E-state index in [4.69, 9.17) is 4.74 Å². The molecule has 0 atom stereocenters. The van der Waals surface area contributed by atoms with Crippen molar-refractivity contribution in [3.05, 3.63) is 34.4 Å². The molecule has 0 aliphatic carbocycles. The number of nitrogens with zero attached hydrogens (tertiary/aromatic N) is 2. The van der Waals surface area contributed by atoms with Crippen LogP contribution in [0.5, 0.6) is 0 Å². The Labute approximate surface area is 149 Å². The highest BCUT2D eigenvalue weighted by molar-refractivity contribution is 9.10. The lowest BCUT2D eigenvalue weighted by molar-refractivity contribution is 0.0901. The molecule has 1 heterocycles. The van der Waals surface area contributed by atoms with Crippen LogP contribution in [0.4, 0.5) is 0 Å². The van der Waals surface area contributed by atoms with Gasteiger partial charge in [0, 0.05) is 37.3 Å². The van der Waals surface area contributed by atoms with Crippen molar-refractivity contribution in [3.8, 4) is 0 Å². The number of rotatable bonds is 8. The molecule has 0 radical (unpaired) electrons. The van der Waals surface area contributed by atoms with Gasteiger partial charge in [0.25, 0.3) is 0 Å². The molecule has 0 unspecified atom stereocenters. The summed E-state index contributed by atoms with van der Waals surface area (Å²) in [5, 5.41) is 1.33. The molecule has 0 spiro atoms. The first kappa shape index (κ1) is 18.7. The van der Waals surface area contributed by atoms with Crippen molar-refractivity contribution in [3.63, 3.8) is 0 Å². The minimum Gasteiger partial charge on any atom is -0.361 e. The van der Waals surface area contributed by atoms with Gasteiger partial charge in [0.1, 0.15) is 6.73 Å². The van der Waals surface area contributed by atoms with Gasteiger partial charge in [0.2, 0.25) is 0 Å². The summed E-state index contributed by atoms with van der Waals surface area (Å²) in [6.07, 6.45) is 3.32. The second-order valence-electron chi connectivity index (χ2n) is 7.69. The van der Waals surface area contributed by atoms with E-state index in [9.17, 15) is 0 Å². The molecule has 1 aromatic carbocycles. The number of likely N-dealkylation sites (N-methyl/N-ethyl adjacent to an activating group) is 1. The standard InChI is InChI=1S/C18H29BrN2OSi/c1-20(2)9-8-15-13-21(14-22-10-11-23(3,4)5)18-7-6-16(19)12-17(15)18/h6-7,12-13H,8-11,14H2,1-5H3. The largest absolute Gasteiger partial charge is 0.361 e. The van der Waals surface area contributed by atoms with E-state index in [-0.39, 0.29) is 0 Å². The van der Waals surface area contributed by atoms with E-state index in [0.29, 0.717) is 6.73 Å². The van der Waals surface area contributed by atoms with Gasteiger partial charge in [-0.15, -0.1) is 0 Å². The van der Waals surface area contributed by atoms with Crippen LogP contribution in [-0.2, 0) is 17.9 Å². The van der Waals surface area contributed by atoms with Crippen LogP contribution in [-0.4, -0.2) is 44.8 Å². The zero-order valence-electron chi connectivity index (χ0n) is 15.0. The first-order valence-corrected chi connectivity index (χ1v) is 12.8. The monoisotopic (exact) mass is 396 g/mol. The normalized spacial score (nSPS) is 12.5. The SMILES string of the molecule is CN(C)CCc1cn(COCC[Si](C)(C)C)c2ccc(Br)cc12. The Morgan fingerprint density at radius 2 is 1.96 bits per heavy atom. The molecule has 1 aromatic heterocycles. The maximum Gasteiger partial charge on any atom is 0.122 e. The number of aromatic nitrogens is 1. The van der Waals surface area contributed by atoms with Crippen molar-refractivity contribution in [2.75, 3.05) is 27.2 Å². The third-order valence-electron chi connectivity index (χ3n) is 3.98. The Morgan fingerprint density at radius 1 is 1.22 bits per heavy atom. The Hall–Kier alpha value is -0.623. The van der Waals surface area contributed by atoms with Gasteiger partial charge in [0.05, 0.1) is 5.52 Å². The van der Waals surface area contributed by atoms with Crippen LogP contribution in [0, 0.1) is 0 Å². The minimum absolute atomic E-state index is 0.643. The van der Waals surface area contributed by atoms with Gasteiger partial charge in [-0.3, -0.25) is 0 Å². The number of halogens is 1. The van der Waals surface area contributed by atoms with E-state index in [0.717, 1.165) is 24.0 Å². The predicted octanol–water partition coefficient (Wildman–Crippen LogP) is 4.82. The summed E-state index contributed by atoms with van der Waals surface area (Å²) in [4.78, 5) is 2.23. The van der Waals surface area contributed by atoms with Gasteiger partial charge >= 0.3 is 0 Å². The van der Waals surface area contributed by atoms with Gasteiger partial charge in [-0.25, -0.2) is 0 Å². The van der Waals surface area contributed by atoms with Crippen LogP contribution in [0.3, 0.4) is 0 Å². The highest BCUT2D eigenvalue weighted by Crippen LogP contribution is 2.26. The van der Waals surface area contributed by atoms with E-state index in [2.05, 4.69) is 83.5 Å². The lowest BCUT2D eigenvalue weighted by atomic mass is 10.1. The molecule has 5 heteroatoms. The molecule has 0 fully saturated rings. The quantitative estimate of drug-likeness (QED) is 0.469. The minimum atomic E-state index is -1.02. The van der Waals surface area contributed by atoms with Crippen LogP contribution < -0.4 is 0 Å². The maximum atomic E-state index is 5.95. The number of hydrogen-bond donors (Lipinski definition) is 0. The molecule has 23 heavy (non-hydrogen) atoms. The second kappa shape index (κ2) is 7.97. The van der Waals surface area contributed by atoms with Crippen molar-refractivity contribution in [1.29, 1.82) is 0 Å². The topological polar surface area (TPSA) is 17.4 Å². The lowest BCUT2D eigenvalue weighted by Crippen LogP contribution is -2.21. The Balaban J connectivity index is 2.12. The third kappa shape index (κ3) is 5.75. The van der Waals surface area contributed by atoms with Crippen molar-refractivity contribution < 1.29 is 4.74 Å². The molecule has 0 N–H and O–H groups in total. The molecule has 128 valence electrons. The van der Waals surface area contributed by atoms with Crippen molar-refractivity contribution in [2.24, 2.45) is 0 Å². The predicted molar refractivity (Wildman–Crippen MR) is 106 cm³/mol. The van der Waals surface area contributed by atoms with Crippen LogP contribution in [0.1, 0.15) is 5.56 Å². The molecule has 2 rings (SSSR count). The zero-order chi connectivity index (χ0) is 17.0. The van der Waals surface area contributed by atoms with Crippen molar-refractivity contribution in [1.82, 2.24) is 9.47 Å². The third-order valence-corrected chi connectivity index (χ3v) is 6.18. The Bertz CT molecular complexity index is 646. The number of hydrogen-bond acceptors (Lipinski definition) is 2. The molecular weight excluding hydrogens is 368 g/mol. The summed E-state index contributed by atoms with van der Waals surface area (Å²) in [5.41, 5.74) is 2.65. The number of fused-ring (bicyclic) bond motifs is 1. The molecular formula is C18H29BrN2OSi. The highest BCUT2D eigenvalue weighted by Gasteiger charge is 2.13. The van der Waals surface area contributed by atoms with E-state index >= 15 is 0 Å². The van der Waals surface area contributed by atoms with E-state index in [1.54, 1.807) is 0 Å². The average molecular weight is 397 g/mol. The molecule has 3 nitrogen and oxygen atoms in total. The summed E-state index contributed by atoms with van der Waals surface area (Å²) in [7, 11) is 3.22. The first-order valence-electron chi connectivity index (χ1n) is 8.26. The summed E-state index contributed by atoms with van der Waals surface area (Å²) in [5.74, 6) is 0. The van der Waals surface area contributed by atoms with Gasteiger partial charge in [0.15, 0.2) is 0 Å². The highest BCUT2D eigenvalue weighted by atomic mass is 79.9. The van der Waals surface area contributed by atoms with Gasteiger partial charge < -0.3 is 14.2 Å². The first-order chi connectivity index (χ1) is 10.8. The van der Waals surface area contributed by atoms with Crippen LogP contribution in [0.15, 0.2) is 28.9 Å². The molecule has 0 saturated carbocycles. The summed E-state index contributed by atoms with van der Waals surface area (Å²) in [6, 6.07) is 7.72. The zero-order valence-corrected chi connectivity index (χ0v) is 17.6. The molecule has 0 saturated heterocycles. The molecule has 0 aliphatic heterocycles. The molecule has 0 bridgehead atoms. The van der Waals surface area contributed by atoms with Crippen LogP contribution >= 0.6 is 15.9 Å². The fraction of sp³-hybridized carbons (Fsp3) is 0.556. The average Bonchev–Trinajstić information content (AvgIpc) is 2.77. The Morgan fingerprint density at radius 3 is 2.61 bits per heavy atom. The van der Waals surface area contributed by atoms with E-state index in [1.165, 1.54) is 22.5 Å². The summed E-state index contributed by atoms with van der Waals surface area (Å²) < 4.78 is 9.33.